The summed E-state index contributed by atoms with van der Waals surface area (Å²) in [7, 11) is 0. The third-order valence-corrected chi connectivity index (χ3v) is 3.23. The van der Waals surface area contributed by atoms with Crippen molar-refractivity contribution in [3.8, 4) is 0 Å². The molecule has 0 saturated heterocycles. The van der Waals surface area contributed by atoms with Crippen molar-refractivity contribution in [3.05, 3.63) is 63.6 Å². The highest BCUT2D eigenvalue weighted by Crippen LogP contribution is 2.20. The maximum absolute atomic E-state index is 11.9. The highest BCUT2D eigenvalue weighted by molar-refractivity contribution is 6.31. The van der Waals surface area contributed by atoms with Gasteiger partial charge in [-0.05, 0) is 48.4 Å². The summed E-state index contributed by atoms with van der Waals surface area (Å²) in [6.45, 7) is 1.91. The summed E-state index contributed by atoms with van der Waals surface area (Å²) in [5.41, 5.74) is 2.65. The number of anilines is 1. The number of carbonyl (C=O) groups excluding carboxylic acids is 1. The number of halogens is 2. The summed E-state index contributed by atoms with van der Waals surface area (Å²) in [4.78, 5) is 11.9. The van der Waals surface area contributed by atoms with Crippen LogP contribution in [-0.2, 0) is 11.2 Å². The fourth-order valence-corrected chi connectivity index (χ4v) is 2.10. The van der Waals surface area contributed by atoms with Crippen molar-refractivity contribution in [2.75, 3.05) is 5.32 Å². The van der Waals surface area contributed by atoms with Crippen LogP contribution in [-0.4, -0.2) is 5.91 Å². The van der Waals surface area contributed by atoms with Gasteiger partial charge < -0.3 is 5.32 Å². The maximum Gasteiger partial charge on any atom is 0.228 e. The minimum absolute atomic E-state index is 0.0623. The third kappa shape index (κ3) is 3.98. The lowest BCUT2D eigenvalue weighted by Gasteiger charge is -2.08. The molecule has 0 bridgehead atoms. The zero-order valence-corrected chi connectivity index (χ0v) is 11.9. The molecular weight excluding hydrogens is 281 g/mol. The van der Waals surface area contributed by atoms with Crippen molar-refractivity contribution in [2.24, 2.45) is 0 Å². The Morgan fingerprint density at radius 3 is 2.32 bits per heavy atom. The third-order valence-electron chi connectivity index (χ3n) is 2.74. The Balaban J connectivity index is 2.03. The van der Waals surface area contributed by atoms with E-state index in [2.05, 4.69) is 5.32 Å². The topological polar surface area (TPSA) is 29.1 Å². The quantitative estimate of drug-likeness (QED) is 0.888. The lowest BCUT2D eigenvalue weighted by molar-refractivity contribution is -0.115. The lowest BCUT2D eigenvalue weighted by Crippen LogP contribution is -2.15. The molecule has 1 N–H and O–H groups in total. The van der Waals surface area contributed by atoms with Crippen molar-refractivity contribution in [3.63, 3.8) is 0 Å². The molecule has 4 heteroatoms. The van der Waals surface area contributed by atoms with E-state index in [1.54, 1.807) is 24.3 Å². The first-order chi connectivity index (χ1) is 9.04. The zero-order chi connectivity index (χ0) is 13.8. The van der Waals surface area contributed by atoms with Crippen LogP contribution in [0, 0.1) is 6.92 Å². The predicted octanol–water partition coefficient (Wildman–Crippen LogP) is 4.48. The minimum Gasteiger partial charge on any atom is -0.326 e. The van der Waals surface area contributed by atoms with Gasteiger partial charge in [-0.3, -0.25) is 4.79 Å². The number of nitrogens with one attached hydrogen (secondary N) is 1. The Hall–Kier alpha value is -1.51. The van der Waals surface area contributed by atoms with Crippen LogP contribution in [0.15, 0.2) is 42.5 Å². The van der Waals surface area contributed by atoms with Crippen molar-refractivity contribution in [2.45, 2.75) is 13.3 Å². The van der Waals surface area contributed by atoms with E-state index in [1.165, 1.54) is 0 Å². The van der Waals surface area contributed by atoms with Crippen molar-refractivity contribution in [1.29, 1.82) is 0 Å². The summed E-state index contributed by atoms with van der Waals surface area (Å²) in [5, 5.41) is 4.19. The first-order valence-electron chi connectivity index (χ1n) is 5.85. The molecule has 2 aromatic carbocycles. The molecule has 2 rings (SSSR count). The first-order valence-corrected chi connectivity index (χ1v) is 6.60. The van der Waals surface area contributed by atoms with Crippen LogP contribution in [0.1, 0.15) is 11.1 Å². The van der Waals surface area contributed by atoms with E-state index in [0.717, 1.165) is 16.8 Å². The summed E-state index contributed by atoms with van der Waals surface area (Å²) in [5.74, 6) is -0.0623. The highest BCUT2D eigenvalue weighted by atomic mass is 35.5. The second-order valence-corrected chi connectivity index (χ2v) is 5.18. The van der Waals surface area contributed by atoms with Crippen LogP contribution < -0.4 is 5.32 Å². The molecule has 19 heavy (non-hydrogen) atoms. The largest absolute Gasteiger partial charge is 0.326 e. The van der Waals surface area contributed by atoms with Gasteiger partial charge in [0.15, 0.2) is 0 Å². The molecule has 0 aliphatic heterocycles. The second kappa shape index (κ2) is 6.09. The summed E-state index contributed by atoms with van der Waals surface area (Å²) in [6, 6.07) is 12.6. The highest BCUT2D eigenvalue weighted by Gasteiger charge is 2.06. The van der Waals surface area contributed by atoms with E-state index in [1.807, 2.05) is 25.1 Å². The van der Waals surface area contributed by atoms with E-state index >= 15 is 0 Å². The molecule has 0 heterocycles. The van der Waals surface area contributed by atoms with Crippen LogP contribution in [0.2, 0.25) is 10.0 Å². The molecule has 0 saturated carbocycles. The van der Waals surface area contributed by atoms with E-state index in [0.29, 0.717) is 16.5 Å². The Morgan fingerprint density at radius 2 is 1.68 bits per heavy atom. The molecule has 0 fully saturated rings. The van der Waals surface area contributed by atoms with E-state index < -0.39 is 0 Å². The maximum atomic E-state index is 11.9. The van der Waals surface area contributed by atoms with Gasteiger partial charge in [0.05, 0.1) is 6.42 Å². The van der Waals surface area contributed by atoms with Crippen LogP contribution >= 0.6 is 23.2 Å². The average molecular weight is 294 g/mol. The Bertz CT molecular complexity index is 594. The molecule has 0 atom stereocenters. The molecule has 2 nitrogen and oxygen atoms in total. The van der Waals surface area contributed by atoms with Gasteiger partial charge in [-0.15, -0.1) is 0 Å². The minimum atomic E-state index is -0.0623. The van der Waals surface area contributed by atoms with Crippen LogP contribution in [0.3, 0.4) is 0 Å². The van der Waals surface area contributed by atoms with Crippen LogP contribution in [0.4, 0.5) is 5.69 Å². The number of aryl methyl sites for hydroxylation is 1. The van der Waals surface area contributed by atoms with Crippen LogP contribution in [0.5, 0.6) is 0 Å². The molecule has 2 aromatic rings. The molecular formula is C15H13Cl2NO. The Kier molecular flexibility index (Phi) is 4.46. The number of hydrogen-bond donors (Lipinski definition) is 1. The Morgan fingerprint density at radius 1 is 1.05 bits per heavy atom. The van der Waals surface area contributed by atoms with Gasteiger partial charge in [0, 0.05) is 15.7 Å². The smallest absolute Gasteiger partial charge is 0.228 e. The molecule has 0 radical (unpaired) electrons. The van der Waals surface area contributed by atoms with E-state index in [4.69, 9.17) is 23.2 Å². The SMILES string of the molecule is Cc1cc(Cl)ccc1NC(=O)Cc1ccc(Cl)cc1. The van der Waals surface area contributed by atoms with Gasteiger partial charge in [-0.2, -0.15) is 0 Å². The van der Waals surface area contributed by atoms with Crippen molar-refractivity contribution in [1.82, 2.24) is 0 Å². The molecule has 98 valence electrons. The molecule has 0 unspecified atom stereocenters. The normalized spacial score (nSPS) is 10.3. The van der Waals surface area contributed by atoms with Gasteiger partial charge in [0.25, 0.3) is 0 Å². The van der Waals surface area contributed by atoms with Gasteiger partial charge >= 0.3 is 0 Å². The average Bonchev–Trinajstić information content (AvgIpc) is 2.36. The lowest BCUT2D eigenvalue weighted by atomic mass is 10.1. The molecule has 1 amide bonds. The summed E-state index contributed by atoms with van der Waals surface area (Å²) >= 11 is 11.7. The van der Waals surface area contributed by atoms with Crippen LogP contribution in [0.25, 0.3) is 0 Å². The van der Waals surface area contributed by atoms with Crippen molar-refractivity contribution >= 4 is 34.8 Å². The number of carbonyl (C=O) groups is 1. The van der Waals surface area contributed by atoms with Gasteiger partial charge in [-0.1, -0.05) is 35.3 Å². The monoisotopic (exact) mass is 293 g/mol. The molecule has 0 spiro atoms. The fraction of sp³-hybridized carbons (Fsp3) is 0.133. The van der Waals surface area contributed by atoms with Crippen molar-refractivity contribution < 1.29 is 4.79 Å². The zero-order valence-electron chi connectivity index (χ0n) is 10.4. The predicted molar refractivity (Wildman–Crippen MR) is 80.0 cm³/mol. The summed E-state index contributed by atoms with van der Waals surface area (Å²) in [6.07, 6.45) is 0.319. The second-order valence-electron chi connectivity index (χ2n) is 4.31. The number of benzene rings is 2. The molecule has 0 aliphatic rings. The molecule has 0 aliphatic carbocycles. The van der Waals surface area contributed by atoms with Gasteiger partial charge in [0.1, 0.15) is 0 Å². The van der Waals surface area contributed by atoms with Gasteiger partial charge in [-0.25, -0.2) is 0 Å². The fourth-order valence-electron chi connectivity index (χ4n) is 1.75. The standard InChI is InChI=1S/C15H13Cl2NO/c1-10-8-13(17)6-7-14(10)18-15(19)9-11-2-4-12(16)5-3-11/h2-8H,9H2,1H3,(H,18,19). The number of rotatable bonds is 3. The van der Waals surface area contributed by atoms with Gasteiger partial charge in [0.2, 0.25) is 5.91 Å². The molecule has 0 aromatic heterocycles. The Labute approximate surface area is 122 Å². The number of hydrogen-bond acceptors (Lipinski definition) is 1. The van der Waals surface area contributed by atoms with E-state index in [-0.39, 0.29) is 5.91 Å². The summed E-state index contributed by atoms with van der Waals surface area (Å²) < 4.78 is 0. The first kappa shape index (κ1) is 13.9. The van der Waals surface area contributed by atoms with E-state index in [9.17, 15) is 4.79 Å². The number of amides is 1.